The molecule has 0 N–H and O–H groups in total. The van der Waals surface area contributed by atoms with E-state index in [1.165, 1.54) is 0 Å². The minimum absolute atomic E-state index is 0.497. The highest BCUT2D eigenvalue weighted by molar-refractivity contribution is 9.10. The first kappa shape index (κ1) is 12.1. The van der Waals surface area contributed by atoms with Crippen LogP contribution in [0.25, 0.3) is 0 Å². The third kappa shape index (κ3) is 2.83. The number of hydrogen-bond acceptors (Lipinski definition) is 0. The van der Waals surface area contributed by atoms with Gasteiger partial charge in [0.15, 0.2) is 0 Å². The molecule has 0 saturated heterocycles. The third-order valence-electron chi connectivity index (χ3n) is 0.907. The fraction of sp³-hybridized carbons (Fsp3) is 1.00. The molecule has 0 radical (unpaired) electrons. The van der Waals surface area contributed by atoms with Gasteiger partial charge in [-0.05, 0) is 15.9 Å². The van der Waals surface area contributed by atoms with Crippen molar-refractivity contribution in [1.82, 2.24) is 0 Å². The first-order chi connectivity index (χ1) is 4.73. The Kier molecular flexibility index (Phi) is 4.30. The SMILES string of the molecule is FC(F)(Br)[C@@](F)(Cl)[C@@H](Cl)CCl. The van der Waals surface area contributed by atoms with Gasteiger partial charge in [-0.3, -0.25) is 0 Å². The Labute approximate surface area is 85.1 Å². The van der Waals surface area contributed by atoms with Gasteiger partial charge in [0.1, 0.15) is 5.38 Å². The number of rotatable bonds is 3. The first-order valence-corrected chi connectivity index (χ1v) is 4.52. The predicted molar refractivity (Wildman–Crippen MR) is 43.9 cm³/mol. The second-order valence-electron chi connectivity index (χ2n) is 1.74. The van der Waals surface area contributed by atoms with Crippen LogP contribution in [-0.2, 0) is 0 Å². The summed E-state index contributed by atoms with van der Waals surface area (Å²) < 4.78 is 37.2. The van der Waals surface area contributed by atoms with Gasteiger partial charge in [0.05, 0.1) is 0 Å². The molecule has 0 fully saturated rings. The van der Waals surface area contributed by atoms with Crippen LogP contribution in [0.3, 0.4) is 0 Å². The van der Waals surface area contributed by atoms with Crippen LogP contribution in [0.4, 0.5) is 13.2 Å². The summed E-state index contributed by atoms with van der Waals surface area (Å²) in [4.78, 5) is -3.89. The van der Waals surface area contributed by atoms with E-state index >= 15 is 0 Å². The number of alkyl halides is 7. The Balaban J connectivity index is 4.45. The quantitative estimate of drug-likeness (QED) is 0.696. The molecule has 0 amide bonds. The molecule has 0 rings (SSSR count). The monoisotopic (exact) mass is 292 g/mol. The van der Waals surface area contributed by atoms with Gasteiger partial charge in [-0.15, -0.1) is 23.2 Å². The van der Waals surface area contributed by atoms with Crippen LogP contribution in [0.5, 0.6) is 0 Å². The summed E-state index contributed by atoms with van der Waals surface area (Å²) in [5.74, 6) is -0.497. The highest BCUT2D eigenvalue weighted by Crippen LogP contribution is 2.45. The molecule has 0 bridgehead atoms. The van der Waals surface area contributed by atoms with Crippen LogP contribution in [-0.4, -0.2) is 21.2 Å². The van der Waals surface area contributed by atoms with E-state index < -0.39 is 21.2 Å². The van der Waals surface area contributed by atoms with E-state index in [0.29, 0.717) is 0 Å². The predicted octanol–water partition coefficient (Wildman–Crippen LogP) is 3.72. The summed E-state index contributed by atoms with van der Waals surface area (Å²) in [5, 5.41) is -5.02. The van der Waals surface area contributed by atoms with Crippen molar-refractivity contribution in [1.29, 1.82) is 0 Å². The van der Waals surface area contributed by atoms with Crippen LogP contribution >= 0.6 is 50.7 Å². The smallest absolute Gasteiger partial charge is 0.217 e. The van der Waals surface area contributed by atoms with E-state index in [2.05, 4.69) is 0 Å². The molecule has 0 aliphatic heterocycles. The fourth-order valence-electron chi connectivity index (χ4n) is 0.274. The highest BCUT2D eigenvalue weighted by atomic mass is 79.9. The lowest BCUT2D eigenvalue weighted by Gasteiger charge is -2.25. The molecule has 0 aliphatic rings. The van der Waals surface area contributed by atoms with E-state index in [0.717, 1.165) is 0 Å². The van der Waals surface area contributed by atoms with Crippen LogP contribution in [0.2, 0.25) is 0 Å². The standard InChI is InChI=1S/C4H3BrCl3F3/c5-4(10,11)3(8,9)2(7)1-6/h2H,1H2/t2-,3+/m0/s1. The first-order valence-electron chi connectivity index (χ1n) is 2.38. The maximum atomic E-state index is 12.7. The normalized spacial score (nSPS) is 21.0. The molecule has 0 aromatic heterocycles. The van der Waals surface area contributed by atoms with Gasteiger partial charge in [0.2, 0.25) is 0 Å². The lowest BCUT2D eigenvalue weighted by Crippen LogP contribution is -2.43. The Morgan fingerprint density at radius 1 is 1.36 bits per heavy atom. The molecular formula is C4H3BrCl3F3. The molecule has 0 nitrogen and oxygen atoms in total. The second-order valence-corrected chi connectivity index (χ2v) is 4.12. The van der Waals surface area contributed by atoms with E-state index in [1.807, 2.05) is 0 Å². The van der Waals surface area contributed by atoms with Crippen LogP contribution in [0.1, 0.15) is 0 Å². The van der Waals surface area contributed by atoms with E-state index in [-0.39, 0.29) is 0 Å². The number of halogens is 7. The minimum atomic E-state index is -3.89. The molecule has 0 aromatic carbocycles. The fourth-order valence-corrected chi connectivity index (χ4v) is 1.19. The topological polar surface area (TPSA) is 0 Å². The van der Waals surface area contributed by atoms with E-state index in [9.17, 15) is 13.2 Å². The highest BCUT2D eigenvalue weighted by Gasteiger charge is 2.56. The average Bonchev–Trinajstić information content (AvgIpc) is 1.83. The van der Waals surface area contributed by atoms with E-state index in [1.54, 1.807) is 15.9 Å². The van der Waals surface area contributed by atoms with Crippen LogP contribution < -0.4 is 0 Å². The van der Waals surface area contributed by atoms with E-state index in [4.69, 9.17) is 34.8 Å². The molecular weight excluding hydrogens is 291 g/mol. The van der Waals surface area contributed by atoms with Crippen molar-refractivity contribution < 1.29 is 13.2 Å². The van der Waals surface area contributed by atoms with Gasteiger partial charge in [-0.25, -0.2) is 4.39 Å². The number of hydrogen-bond donors (Lipinski definition) is 0. The summed E-state index contributed by atoms with van der Waals surface area (Å²) in [6.07, 6.45) is 0. The van der Waals surface area contributed by atoms with Crippen molar-refractivity contribution in [3.63, 3.8) is 0 Å². The summed E-state index contributed by atoms with van der Waals surface area (Å²) in [6.45, 7) is 0. The summed E-state index contributed by atoms with van der Waals surface area (Å²) in [7, 11) is 0. The Hall–Kier alpha value is 1.14. The van der Waals surface area contributed by atoms with Crippen LogP contribution in [0, 0.1) is 0 Å². The Morgan fingerprint density at radius 2 is 1.73 bits per heavy atom. The Bertz CT molecular complexity index is 135. The zero-order valence-electron chi connectivity index (χ0n) is 4.93. The van der Waals surface area contributed by atoms with Gasteiger partial charge in [-0.2, -0.15) is 8.78 Å². The average molecular weight is 294 g/mol. The van der Waals surface area contributed by atoms with Gasteiger partial charge in [0, 0.05) is 5.88 Å². The summed E-state index contributed by atoms with van der Waals surface area (Å²) in [5.41, 5.74) is 0. The molecule has 2 atom stereocenters. The van der Waals surface area contributed by atoms with Crippen molar-refractivity contribution in [2.75, 3.05) is 5.88 Å². The van der Waals surface area contributed by atoms with Gasteiger partial charge >= 0.3 is 4.83 Å². The van der Waals surface area contributed by atoms with Gasteiger partial charge in [-0.1, -0.05) is 11.6 Å². The third-order valence-corrected chi connectivity index (χ3v) is 3.25. The minimum Gasteiger partial charge on any atom is -0.217 e. The zero-order chi connectivity index (χ0) is 9.28. The lowest BCUT2D eigenvalue weighted by molar-refractivity contribution is -0.00419. The Morgan fingerprint density at radius 3 is 1.82 bits per heavy atom. The molecule has 0 saturated carbocycles. The molecule has 7 heteroatoms. The van der Waals surface area contributed by atoms with Gasteiger partial charge < -0.3 is 0 Å². The molecule has 68 valence electrons. The maximum absolute atomic E-state index is 12.7. The lowest BCUT2D eigenvalue weighted by atomic mass is 10.3. The summed E-state index contributed by atoms with van der Waals surface area (Å²) in [6, 6.07) is 0. The molecule has 0 unspecified atom stereocenters. The van der Waals surface area contributed by atoms with Crippen molar-refractivity contribution >= 4 is 50.7 Å². The second kappa shape index (κ2) is 3.90. The van der Waals surface area contributed by atoms with Crippen molar-refractivity contribution in [2.45, 2.75) is 15.3 Å². The molecule has 0 aliphatic carbocycles. The molecule has 0 aromatic rings. The van der Waals surface area contributed by atoms with Crippen molar-refractivity contribution in [3.8, 4) is 0 Å². The maximum Gasteiger partial charge on any atom is 0.349 e. The molecule has 11 heavy (non-hydrogen) atoms. The molecule has 0 spiro atoms. The summed E-state index contributed by atoms with van der Waals surface area (Å²) >= 11 is 16.7. The van der Waals surface area contributed by atoms with Crippen molar-refractivity contribution in [2.24, 2.45) is 0 Å². The largest absolute Gasteiger partial charge is 0.349 e. The van der Waals surface area contributed by atoms with Crippen LogP contribution in [0.15, 0.2) is 0 Å². The van der Waals surface area contributed by atoms with Gasteiger partial charge in [0.25, 0.3) is 5.13 Å². The van der Waals surface area contributed by atoms with Crippen molar-refractivity contribution in [3.05, 3.63) is 0 Å². The molecule has 0 heterocycles. The zero-order valence-corrected chi connectivity index (χ0v) is 8.78.